The Morgan fingerprint density at radius 1 is 1.41 bits per heavy atom. The number of thiazole rings is 1. The van der Waals surface area contributed by atoms with Crippen molar-refractivity contribution in [2.24, 2.45) is 5.73 Å². The number of benzene rings is 1. The molecule has 0 spiro atoms. The molecule has 0 saturated heterocycles. The van der Waals surface area contributed by atoms with Gasteiger partial charge >= 0.3 is 0 Å². The summed E-state index contributed by atoms with van der Waals surface area (Å²) < 4.78 is 0.950. The molecule has 0 bridgehead atoms. The summed E-state index contributed by atoms with van der Waals surface area (Å²) >= 11 is 4.85. The topological polar surface area (TPSA) is 68.0 Å². The molecule has 0 radical (unpaired) electrons. The first-order valence-corrected chi connectivity index (χ1v) is 8.28. The normalized spacial score (nSPS) is 13.1. The lowest BCUT2D eigenvalue weighted by atomic mass is 9.92. The van der Waals surface area contributed by atoms with Gasteiger partial charge in [0.15, 0.2) is 5.13 Å². The number of halogens is 2. The molecular weight excluding hydrogens is 386 g/mol. The number of rotatable bonds is 4. The van der Waals surface area contributed by atoms with E-state index in [2.05, 4.69) is 26.2 Å². The summed E-state index contributed by atoms with van der Waals surface area (Å²) in [6.07, 6.45) is 0.852. The molecule has 0 fully saturated rings. The largest absolute Gasteiger partial charge is 0.314 e. The first kappa shape index (κ1) is 19.1. The van der Waals surface area contributed by atoms with Crippen molar-refractivity contribution in [1.82, 2.24) is 4.98 Å². The Bertz CT molecular complexity index is 655. The standard InChI is InChI=1S/C15H18BrN3OS.ClH/c1-4-12-9(2)21-14(18-12)19-13(20)15(3,17)10-5-7-11(16)8-6-10;/h5-8H,4,17H2,1-3H3,(H,18,19,20);1H. The first-order valence-electron chi connectivity index (χ1n) is 6.67. The van der Waals surface area contributed by atoms with Gasteiger partial charge in [-0.3, -0.25) is 4.79 Å². The Hall–Kier alpha value is -0.950. The van der Waals surface area contributed by atoms with Gasteiger partial charge in [0.2, 0.25) is 0 Å². The van der Waals surface area contributed by atoms with Crippen LogP contribution in [0.1, 0.15) is 30.0 Å². The molecule has 1 aromatic carbocycles. The third-order valence-corrected chi connectivity index (χ3v) is 4.82. The van der Waals surface area contributed by atoms with Crippen LogP contribution in [-0.2, 0) is 16.8 Å². The summed E-state index contributed by atoms with van der Waals surface area (Å²) in [5.74, 6) is -0.263. The van der Waals surface area contributed by atoms with Gasteiger partial charge in [0.05, 0.1) is 5.69 Å². The van der Waals surface area contributed by atoms with Crippen LogP contribution in [0.3, 0.4) is 0 Å². The molecule has 22 heavy (non-hydrogen) atoms. The number of carbonyl (C=O) groups excluding carboxylic acids is 1. The molecule has 1 unspecified atom stereocenters. The second-order valence-electron chi connectivity index (χ2n) is 5.04. The maximum atomic E-state index is 12.4. The van der Waals surface area contributed by atoms with Crippen LogP contribution in [-0.4, -0.2) is 10.9 Å². The number of nitrogens with one attached hydrogen (secondary N) is 1. The Balaban J connectivity index is 0.00000242. The molecule has 1 amide bonds. The van der Waals surface area contributed by atoms with E-state index in [1.54, 1.807) is 6.92 Å². The summed E-state index contributed by atoms with van der Waals surface area (Å²) in [6.45, 7) is 5.75. The monoisotopic (exact) mass is 403 g/mol. The minimum Gasteiger partial charge on any atom is -0.314 e. The molecule has 1 heterocycles. The molecule has 1 aromatic heterocycles. The molecule has 1 atom stereocenters. The van der Waals surface area contributed by atoms with Gasteiger partial charge in [-0.25, -0.2) is 4.98 Å². The van der Waals surface area contributed by atoms with Gasteiger partial charge in [-0.05, 0) is 38.0 Å². The Kier molecular flexibility index (Phi) is 6.55. The van der Waals surface area contributed by atoms with E-state index in [4.69, 9.17) is 5.73 Å². The van der Waals surface area contributed by atoms with Gasteiger partial charge in [0, 0.05) is 9.35 Å². The predicted molar refractivity (Wildman–Crippen MR) is 97.8 cm³/mol. The van der Waals surface area contributed by atoms with Crippen molar-refractivity contribution in [3.63, 3.8) is 0 Å². The number of hydrogen-bond donors (Lipinski definition) is 2. The highest BCUT2D eigenvalue weighted by atomic mass is 79.9. The van der Waals surface area contributed by atoms with Gasteiger partial charge in [0.1, 0.15) is 5.54 Å². The quantitative estimate of drug-likeness (QED) is 0.809. The zero-order valence-electron chi connectivity index (χ0n) is 12.6. The van der Waals surface area contributed by atoms with Crippen LogP contribution in [0.25, 0.3) is 0 Å². The predicted octanol–water partition coefficient (Wildman–Crippen LogP) is 4.01. The van der Waals surface area contributed by atoms with E-state index in [1.165, 1.54) is 11.3 Å². The maximum absolute atomic E-state index is 12.4. The molecule has 3 N–H and O–H groups in total. The van der Waals surface area contributed by atoms with E-state index in [9.17, 15) is 4.79 Å². The van der Waals surface area contributed by atoms with Crippen molar-refractivity contribution in [3.05, 3.63) is 44.9 Å². The Labute approximate surface area is 149 Å². The smallest absolute Gasteiger partial charge is 0.250 e. The number of aromatic nitrogens is 1. The molecule has 0 saturated carbocycles. The Morgan fingerprint density at radius 3 is 2.50 bits per heavy atom. The lowest BCUT2D eigenvalue weighted by molar-refractivity contribution is -0.120. The number of nitrogens with two attached hydrogens (primary N) is 1. The molecular formula is C15H19BrClN3OS. The lowest BCUT2D eigenvalue weighted by Gasteiger charge is -2.23. The average Bonchev–Trinajstić information content (AvgIpc) is 2.79. The number of aryl methyl sites for hydroxylation is 2. The fraction of sp³-hybridized carbons (Fsp3) is 0.333. The third-order valence-electron chi connectivity index (χ3n) is 3.36. The fourth-order valence-electron chi connectivity index (χ4n) is 1.96. The van der Waals surface area contributed by atoms with Gasteiger partial charge < -0.3 is 11.1 Å². The molecule has 0 aliphatic carbocycles. The number of amides is 1. The first-order chi connectivity index (χ1) is 9.84. The van der Waals surface area contributed by atoms with Gasteiger partial charge in [-0.1, -0.05) is 35.0 Å². The van der Waals surface area contributed by atoms with Crippen LogP contribution in [0.4, 0.5) is 5.13 Å². The van der Waals surface area contributed by atoms with Crippen molar-refractivity contribution in [2.45, 2.75) is 32.7 Å². The summed E-state index contributed by atoms with van der Waals surface area (Å²) in [4.78, 5) is 18.0. The SMILES string of the molecule is CCc1nc(NC(=O)C(C)(N)c2ccc(Br)cc2)sc1C.Cl. The molecule has 0 aliphatic heterocycles. The van der Waals surface area contributed by atoms with Crippen LogP contribution in [0, 0.1) is 6.92 Å². The van der Waals surface area contributed by atoms with E-state index >= 15 is 0 Å². The zero-order chi connectivity index (χ0) is 15.6. The van der Waals surface area contributed by atoms with Crippen LogP contribution in [0.15, 0.2) is 28.7 Å². The second kappa shape index (κ2) is 7.55. The number of nitrogens with zero attached hydrogens (tertiary/aromatic N) is 1. The molecule has 7 heteroatoms. The molecule has 0 aliphatic rings. The number of anilines is 1. The summed E-state index contributed by atoms with van der Waals surface area (Å²) in [6, 6.07) is 7.43. The van der Waals surface area contributed by atoms with E-state index in [0.29, 0.717) is 5.13 Å². The fourth-order valence-corrected chi connectivity index (χ4v) is 3.13. The van der Waals surface area contributed by atoms with Crippen LogP contribution >= 0.6 is 39.7 Å². The van der Waals surface area contributed by atoms with Gasteiger partial charge in [-0.2, -0.15) is 0 Å². The minimum absolute atomic E-state index is 0. The van der Waals surface area contributed by atoms with E-state index in [-0.39, 0.29) is 18.3 Å². The molecule has 4 nitrogen and oxygen atoms in total. The van der Waals surface area contributed by atoms with E-state index in [0.717, 1.165) is 27.0 Å². The van der Waals surface area contributed by atoms with Crippen molar-refractivity contribution in [2.75, 3.05) is 5.32 Å². The highest BCUT2D eigenvalue weighted by Crippen LogP contribution is 2.26. The van der Waals surface area contributed by atoms with Crippen molar-refractivity contribution in [1.29, 1.82) is 0 Å². The average molecular weight is 405 g/mol. The van der Waals surface area contributed by atoms with Crippen molar-refractivity contribution in [3.8, 4) is 0 Å². The minimum atomic E-state index is -1.10. The lowest BCUT2D eigenvalue weighted by Crippen LogP contribution is -2.45. The van der Waals surface area contributed by atoms with Crippen LogP contribution < -0.4 is 11.1 Å². The molecule has 2 aromatic rings. The third kappa shape index (κ3) is 4.07. The summed E-state index contributed by atoms with van der Waals surface area (Å²) in [7, 11) is 0. The van der Waals surface area contributed by atoms with Gasteiger partial charge in [0.25, 0.3) is 5.91 Å². The number of carbonyl (C=O) groups is 1. The zero-order valence-corrected chi connectivity index (χ0v) is 15.9. The van der Waals surface area contributed by atoms with Crippen molar-refractivity contribution >= 4 is 50.7 Å². The highest BCUT2D eigenvalue weighted by Gasteiger charge is 2.31. The second-order valence-corrected chi connectivity index (χ2v) is 7.16. The van der Waals surface area contributed by atoms with E-state index < -0.39 is 5.54 Å². The van der Waals surface area contributed by atoms with Crippen LogP contribution in [0.5, 0.6) is 0 Å². The molecule has 2 rings (SSSR count). The van der Waals surface area contributed by atoms with Crippen LogP contribution in [0.2, 0.25) is 0 Å². The van der Waals surface area contributed by atoms with Crippen molar-refractivity contribution < 1.29 is 4.79 Å². The number of hydrogen-bond acceptors (Lipinski definition) is 4. The summed E-state index contributed by atoms with van der Waals surface area (Å²) in [5, 5.41) is 3.42. The van der Waals surface area contributed by atoms with E-state index in [1.807, 2.05) is 38.1 Å². The highest BCUT2D eigenvalue weighted by molar-refractivity contribution is 9.10. The summed E-state index contributed by atoms with van der Waals surface area (Å²) in [5.41, 5.74) is 6.87. The van der Waals surface area contributed by atoms with Gasteiger partial charge in [-0.15, -0.1) is 23.7 Å². The maximum Gasteiger partial charge on any atom is 0.250 e. The molecule has 120 valence electrons. The Morgan fingerprint density at radius 2 is 2.00 bits per heavy atom.